The summed E-state index contributed by atoms with van der Waals surface area (Å²) in [6.45, 7) is 0. The van der Waals surface area contributed by atoms with Gasteiger partial charge in [-0.3, -0.25) is 0 Å². The molecule has 2 aromatic carbocycles. The highest BCUT2D eigenvalue weighted by Gasteiger charge is 2.43. The van der Waals surface area contributed by atoms with Gasteiger partial charge in [0.05, 0.1) is 35.1 Å². The number of benzene rings is 2. The zero-order chi connectivity index (χ0) is 27.1. The molecule has 0 N–H and O–H groups in total. The highest BCUT2D eigenvalue weighted by atomic mass is 35.5. The second kappa shape index (κ2) is 9.50. The molecule has 15 heteroatoms. The number of ether oxygens (including phenoxy) is 1. The summed E-state index contributed by atoms with van der Waals surface area (Å²) in [5.74, 6) is -4.79. The fourth-order valence-electron chi connectivity index (χ4n) is 3.37. The first kappa shape index (κ1) is 26.1. The molecule has 0 unspecified atom stereocenters. The summed E-state index contributed by atoms with van der Waals surface area (Å²) < 4.78 is 121. The van der Waals surface area contributed by atoms with E-state index < -0.39 is 63.8 Å². The molecule has 0 aliphatic heterocycles. The Bertz CT molecular complexity index is 1470. The van der Waals surface area contributed by atoms with Gasteiger partial charge in [-0.15, -0.1) is 0 Å². The van der Waals surface area contributed by atoms with Crippen molar-refractivity contribution in [1.29, 1.82) is 0 Å². The smallest absolute Gasteiger partial charge is 0.468 e. The van der Waals surface area contributed by atoms with Gasteiger partial charge in [-0.25, -0.2) is 18.5 Å². The summed E-state index contributed by atoms with van der Waals surface area (Å²) in [6.07, 6.45) is -9.77. The van der Waals surface area contributed by atoms with Crippen LogP contribution in [0.15, 0.2) is 58.2 Å². The lowest BCUT2D eigenvalue weighted by atomic mass is 10.1. The Balaban J connectivity index is 2.06. The average molecular weight is 551 g/mol. The molecular formula is C22H11ClF8N4O2. The topological polar surface area (TPSA) is 65.4 Å². The Hall–Kier alpha value is -3.94. The highest BCUT2D eigenvalue weighted by molar-refractivity contribution is 6.33. The zero-order valence-corrected chi connectivity index (χ0v) is 18.9. The Labute approximate surface area is 206 Å². The van der Waals surface area contributed by atoms with Crippen LogP contribution >= 0.6 is 11.6 Å². The van der Waals surface area contributed by atoms with E-state index in [2.05, 4.69) is 20.0 Å². The van der Waals surface area contributed by atoms with Crippen LogP contribution in [0.2, 0.25) is 5.02 Å². The molecule has 0 amide bonds. The molecule has 0 saturated heterocycles. The van der Waals surface area contributed by atoms with Gasteiger partial charge in [-0.1, -0.05) is 28.9 Å². The van der Waals surface area contributed by atoms with Gasteiger partial charge in [0, 0.05) is 0 Å². The third-order valence-corrected chi connectivity index (χ3v) is 5.17. The van der Waals surface area contributed by atoms with Gasteiger partial charge in [-0.05, 0) is 30.3 Å². The maximum atomic E-state index is 14.6. The minimum atomic E-state index is -5.20. The van der Waals surface area contributed by atoms with Crippen molar-refractivity contribution in [3.63, 3.8) is 0 Å². The maximum absolute atomic E-state index is 14.6. The van der Waals surface area contributed by atoms with Crippen molar-refractivity contribution in [2.75, 3.05) is 7.11 Å². The van der Waals surface area contributed by atoms with E-state index in [1.807, 2.05) is 0 Å². The van der Waals surface area contributed by atoms with E-state index in [4.69, 9.17) is 16.1 Å². The van der Waals surface area contributed by atoms with Crippen LogP contribution in [0.1, 0.15) is 5.69 Å². The zero-order valence-electron chi connectivity index (χ0n) is 18.1. The van der Waals surface area contributed by atoms with Gasteiger partial charge in [0.2, 0.25) is 0 Å². The van der Waals surface area contributed by atoms with E-state index >= 15 is 0 Å². The summed E-state index contributed by atoms with van der Waals surface area (Å²) in [5.41, 5.74) is -5.11. The summed E-state index contributed by atoms with van der Waals surface area (Å²) in [4.78, 5) is 3.29. The first-order chi connectivity index (χ1) is 17.3. The van der Waals surface area contributed by atoms with Crippen LogP contribution in [-0.4, -0.2) is 34.1 Å². The van der Waals surface area contributed by atoms with Crippen LogP contribution in [0, 0.1) is 11.6 Å². The lowest BCUT2D eigenvalue weighted by Crippen LogP contribution is -2.24. The lowest BCUT2D eigenvalue weighted by Gasteiger charge is -2.13. The van der Waals surface area contributed by atoms with Gasteiger partial charge in [-0.2, -0.15) is 31.4 Å². The van der Waals surface area contributed by atoms with Crippen molar-refractivity contribution in [2.45, 2.75) is 12.4 Å². The molecule has 0 atom stereocenters. The minimum absolute atomic E-state index is 0.311. The van der Waals surface area contributed by atoms with Crippen molar-refractivity contribution < 1.29 is 44.4 Å². The lowest BCUT2D eigenvalue weighted by molar-refractivity contribution is -0.142. The maximum Gasteiger partial charge on any atom is 0.468 e. The molecule has 2 heterocycles. The molecule has 6 nitrogen and oxygen atoms in total. The number of hydrogen-bond donors (Lipinski definition) is 0. The van der Waals surface area contributed by atoms with E-state index in [0.717, 1.165) is 30.3 Å². The summed E-state index contributed by atoms with van der Waals surface area (Å²) in [5, 5.41) is 6.76. The SMILES string of the molecule is CO/C(=N/c1c(-c2c(F)cccc2Cl)noc1-c1cnn(-c2cccc(F)c2)c1C(F)(F)F)C(F)(F)F. The molecule has 4 aromatic rings. The molecule has 2 aromatic heterocycles. The van der Waals surface area contributed by atoms with Crippen LogP contribution in [-0.2, 0) is 10.9 Å². The summed E-state index contributed by atoms with van der Waals surface area (Å²) >= 11 is 6.00. The van der Waals surface area contributed by atoms with E-state index in [1.54, 1.807) is 0 Å². The second-order valence-corrected chi connectivity index (χ2v) is 7.63. The monoisotopic (exact) mass is 550 g/mol. The fourth-order valence-corrected chi connectivity index (χ4v) is 3.62. The van der Waals surface area contributed by atoms with Crippen molar-refractivity contribution in [1.82, 2.24) is 14.9 Å². The average Bonchev–Trinajstić information content (AvgIpc) is 3.41. The Morgan fingerprint density at radius 3 is 2.35 bits per heavy atom. The number of aromatic nitrogens is 3. The van der Waals surface area contributed by atoms with E-state index in [0.29, 0.717) is 18.0 Å². The Morgan fingerprint density at radius 2 is 1.76 bits per heavy atom. The molecule has 37 heavy (non-hydrogen) atoms. The van der Waals surface area contributed by atoms with Crippen molar-refractivity contribution in [3.05, 3.63) is 71.0 Å². The number of nitrogens with zero attached hydrogens (tertiary/aromatic N) is 4. The Morgan fingerprint density at radius 1 is 1.05 bits per heavy atom. The van der Waals surface area contributed by atoms with Crippen molar-refractivity contribution in [2.24, 2.45) is 4.99 Å². The molecule has 0 bridgehead atoms. The normalized spacial score (nSPS) is 12.8. The van der Waals surface area contributed by atoms with Gasteiger partial charge in [0.15, 0.2) is 11.5 Å². The van der Waals surface area contributed by atoms with Gasteiger partial charge in [0.1, 0.15) is 23.0 Å². The summed E-state index contributed by atoms with van der Waals surface area (Å²) in [7, 11) is 0.623. The first-order valence-corrected chi connectivity index (χ1v) is 10.3. The quantitative estimate of drug-likeness (QED) is 0.151. The molecular weight excluding hydrogens is 540 g/mol. The molecule has 0 aliphatic carbocycles. The van der Waals surface area contributed by atoms with Crippen LogP contribution in [0.25, 0.3) is 28.3 Å². The molecule has 4 rings (SSSR count). The van der Waals surface area contributed by atoms with Gasteiger partial charge >= 0.3 is 12.4 Å². The van der Waals surface area contributed by atoms with Crippen LogP contribution < -0.4 is 0 Å². The predicted octanol–water partition coefficient (Wildman–Crippen LogP) is 7.38. The number of aliphatic imine (C=N–C) groups is 1. The van der Waals surface area contributed by atoms with Gasteiger partial charge in [0.25, 0.3) is 5.90 Å². The van der Waals surface area contributed by atoms with Crippen LogP contribution in [0.3, 0.4) is 0 Å². The number of methoxy groups -OCH3 is 1. The molecule has 0 aliphatic rings. The largest absolute Gasteiger partial charge is 0.478 e. The van der Waals surface area contributed by atoms with Crippen molar-refractivity contribution >= 4 is 23.2 Å². The number of halogens is 9. The molecule has 0 fully saturated rings. The van der Waals surface area contributed by atoms with Crippen LogP contribution in [0.4, 0.5) is 40.8 Å². The number of alkyl halides is 6. The highest BCUT2D eigenvalue weighted by Crippen LogP contribution is 2.47. The van der Waals surface area contributed by atoms with E-state index in [1.165, 1.54) is 12.1 Å². The number of hydrogen-bond acceptors (Lipinski definition) is 5. The molecule has 0 saturated carbocycles. The predicted molar refractivity (Wildman–Crippen MR) is 115 cm³/mol. The third kappa shape index (κ3) is 5.01. The first-order valence-electron chi connectivity index (χ1n) is 9.88. The van der Waals surface area contributed by atoms with E-state index in [9.17, 15) is 35.1 Å². The Kier molecular flexibility index (Phi) is 6.71. The third-order valence-electron chi connectivity index (χ3n) is 4.85. The van der Waals surface area contributed by atoms with Crippen LogP contribution in [0.5, 0.6) is 0 Å². The minimum Gasteiger partial charge on any atom is -0.478 e. The second-order valence-electron chi connectivity index (χ2n) is 7.22. The summed E-state index contributed by atoms with van der Waals surface area (Å²) in [6, 6.07) is 7.24. The molecule has 0 spiro atoms. The molecule has 0 radical (unpaired) electrons. The van der Waals surface area contributed by atoms with Crippen molar-refractivity contribution in [3.8, 4) is 28.3 Å². The standard InChI is InChI=1S/C22H11ClF8N4O2/c1-36-20(22(29,30)31)33-17-16(15-13(23)6-3-7-14(15)25)34-37-18(17)12-9-32-35(19(12)21(26,27)28)11-5-2-4-10(24)8-11/h2-9H,1H3/b33-20+. The fraction of sp³-hybridized carbons (Fsp3) is 0.136. The molecule has 194 valence electrons. The number of rotatable bonds is 4. The van der Waals surface area contributed by atoms with E-state index in [-0.39, 0.29) is 10.7 Å². The van der Waals surface area contributed by atoms with Gasteiger partial charge < -0.3 is 9.26 Å².